The van der Waals surface area contributed by atoms with Gasteiger partial charge in [0.2, 0.25) is 0 Å². The molecule has 0 bridgehead atoms. The van der Waals surface area contributed by atoms with E-state index in [2.05, 4.69) is 25.7 Å². The minimum absolute atomic E-state index is 0.273. The van der Waals surface area contributed by atoms with Crippen LogP contribution in [-0.4, -0.2) is 24.0 Å². The molecule has 0 fully saturated rings. The van der Waals surface area contributed by atoms with E-state index in [1.54, 1.807) is 6.07 Å². The number of benzene rings is 1. The summed E-state index contributed by atoms with van der Waals surface area (Å²) in [4.78, 5) is 2.39. The minimum atomic E-state index is -0.826. The van der Waals surface area contributed by atoms with E-state index in [4.69, 9.17) is 5.73 Å². The molecule has 4 heteroatoms. The molecule has 1 aromatic carbocycles. The van der Waals surface area contributed by atoms with Crippen LogP contribution < -0.4 is 5.73 Å². The molecule has 2 unspecified atom stereocenters. The SMILES string of the molecule is CCCCN(CCC(N)c1cccc(F)c1F)C(C)CC. The van der Waals surface area contributed by atoms with Crippen LogP contribution in [0.4, 0.5) is 8.78 Å². The average molecular weight is 298 g/mol. The van der Waals surface area contributed by atoms with E-state index in [9.17, 15) is 8.78 Å². The summed E-state index contributed by atoms with van der Waals surface area (Å²) in [5.74, 6) is -1.64. The monoisotopic (exact) mass is 298 g/mol. The number of hydrogen-bond acceptors (Lipinski definition) is 2. The van der Waals surface area contributed by atoms with Gasteiger partial charge in [-0.15, -0.1) is 0 Å². The van der Waals surface area contributed by atoms with Crippen LogP contribution in [0.1, 0.15) is 58.1 Å². The van der Waals surface area contributed by atoms with E-state index in [1.165, 1.54) is 6.07 Å². The first-order valence-electron chi connectivity index (χ1n) is 7.94. The first kappa shape index (κ1) is 18.1. The molecule has 0 saturated heterocycles. The van der Waals surface area contributed by atoms with E-state index in [0.29, 0.717) is 12.5 Å². The van der Waals surface area contributed by atoms with Crippen LogP contribution in [0, 0.1) is 11.6 Å². The van der Waals surface area contributed by atoms with Crippen LogP contribution >= 0.6 is 0 Å². The summed E-state index contributed by atoms with van der Waals surface area (Å²) >= 11 is 0. The Bertz CT molecular complexity index is 423. The number of unbranched alkanes of at least 4 members (excludes halogenated alkanes) is 1. The molecular weight excluding hydrogens is 270 g/mol. The normalized spacial score (nSPS) is 14.4. The standard InChI is InChI=1S/C17H28F2N2/c1-4-6-11-21(13(3)5-2)12-10-16(20)14-8-7-9-15(18)17(14)19/h7-9,13,16H,4-6,10-12,20H2,1-3H3. The van der Waals surface area contributed by atoms with Crippen molar-refractivity contribution >= 4 is 0 Å². The van der Waals surface area contributed by atoms with Crippen molar-refractivity contribution in [3.63, 3.8) is 0 Å². The van der Waals surface area contributed by atoms with Crippen molar-refractivity contribution in [1.82, 2.24) is 4.90 Å². The lowest BCUT2D eigenvalue weighted by Crippen LogP contribution is -2.35. The lowest BCUT2D eigenvalue weighted by Gasteiger charge is -2.29. The summed E-state index contributed by atoms with van der Waals surface area (Å²) in [5, 5.41) is 0. The number of nitrogens with zero attached hydrogens (tertiary/aromatic N) is 1. The van der Waals surface area contributed by atoms with Gasteiger partial charge in [-0.05, 0) is 38.8 Å². The molecule has 2 atom stereocenters. The van der Waals surface area contributed by atoms with Crippen LogP contribution in [0.25, 0.3) is 0 Å². The van der Waals surface area contributed by atoms with Crippen molar-refractivity contribution in [3.05, 3.63) is 35.4 Å². The molecule has 0 aliphatic rings. The second-order valence-electron chi connectivity index (χ2n) is 5.69. The maximum Gasteiger partial charge on any atom is 0.163 e. The van der Waals surface area contributed by atoms with Crippen molar-refractivity contribution < 1.29 is 8.78 Å². The Balaban J connectivity index is 2.63. The number of rotatable bonds is 9. The van der Waals surface area contributed by atoms with Crippen molar-refractivity contribution in [3.8, 4) is 0 Å². The Labute approximate surface area is 127 Å². The predicted octanol–water partition coefficient (Wildman–Crippen LogP) is 4.26. The summed E-state index contributed by atoms with van der Waals surface area (Å²) in [6.45, 7) is 8.37. The molecule has 0 spiro atoms. The van der Waals surface area contributed by atoms with Gasteiger partial charge in [-0.25, -0.2) is 8.78 Å². The predicted molar refractivity (Wildman–Crippen MR) is 84.1 cm³/mol. The zero-order valence-electron chi connectivity index (χ0n) is 13.4. The van der Waals surface area contributed by atoms with Gasteiger partial charge in [-0.3, -0.25) is 0 Å². The second kappa shape index (κ2) is 9.11. The summed E-state index contributed by atoms with van der Waals surface area (Å²) in [5.41, 5.74) is 6.32. The molecule has 0 aliphatic carbocycles. The van der Waals surface area contributed by atoms with Gasteiger partial charge in [0, 0.05) is 24.2 Å². The molecule has 0 heterocycles. The third-order valence-corrected chi connectivity index (χ3v) is 4.12. The van der Waals surface area contributed by atoms with Gasteiger partial charge in [0.15, 0.2) is 11.6 Å². The Hall–Kier alpha value is -1.00. The fourth-order valence-electron chi connectivity index (χ4n) is 2.44. The summed E-state index contributed by atoms with van der Waals surface area (Å²) in [6.07, 6.45) is 4.01. The van der Waals surface area contributed by atoms with E-state index in [0.717, 1.165) is 38.4 Å². The van der Waals surface area contributed by atoms with Gasteiger partial charge in [0.05, 0.1) is 0 Å². The molecule has 2 nitrogen and oxygen atoms in total. The molecule has 0 aliphatic heterocycles. The highest BCUT2D eigenvalue weighted by Crippen LogP contribution is 2.21. The van der Waals surface area contributed by atoms with Gasteiger partial charge < -0.3 is 10.6 Å². The van der Waals surface area contributed by atoms with Crippen molar-refractivity contribution in [2.45, 2.75) is 58.5 Å². The van der Waals surface area contributed by atoms with E-state index in [-0.39, 0.29) is 5.56 Å². The highest BCUT2D eigenvalue weighted by molar-refractivity contribution is 5.22. The highest BCUT2D eigenvalue weighted by atomic mass is 19.2. The number of halogens is 2. The fraction of sp³-hybridized carbons (Fsp3) is 0.647. The zero-order valence-corrected chi connectivity index (χ0v) is 13.4. The largest absolute Gasteiger partial charge is 0.324 e. The lowest BCUT2D eigenvalue weighted by atomic mass is 10.0. The molecule has 2 N–H and O–H groups in total. The summed E-state index contributed by atoms with van der Waals surface area (Å²) < 4.78 is 27.0. The topological polar surface area (TPSA) is 29.3 Å². The lowest BCUT2D eigenvalue weighted by molar-refractivity contribution is 0.193. The Morgan fingerprint density at radius 2 is 1.90 bits per heavy atom. The number of hydrogen-bond donors (Lipinski definition) is 1. The molecule has 0 amide bonds. The smallest absolute Gasteiger partial charge is 0.163 e. The Kier molecular flexibility index (Phi) is 7.83. The third-order valence-electron chi connectivity index (χ3n) is 4.12. The fourth-order valence-corrected chi connectivity index (χ4v) is 2.44. The van der Waals surface area contributed by atoms with E-state index in [1.807, 2.05) is 0 Å². The zero-order chi connectivity index (χ0) is 15.8. The van der Waals surface area contributed by atoms with Crippen molar-refractivity contribution in [2.75, 3.05) is 13.1 Å². The number of nitrogens with two attached hydrogens (primary N) is 1. The Morgan fingerprint density at radius 3 is 2.52 bits per heavy atom. The minimum Gasteiger partial charge on any atom is -0.324 e. The molecule has 1 aromatic rings. The molecular formula is C17H28F2N2. The maximum atomic E-state index is 13.7. The second-order valence-corrected chi connectivity index (χ2v) is 5.69. The van der Waals surface area contributed by atoms with Crippen LogP contribution in [0.2, 0.25) is 0 Å². The van der Waals surface area contributed by atoms with Crippen LogP contribution in [0.15, 0.2) is 18.2 Å². The van der Waals surface area contributed by atoms with E-state index >= 15 is 0 Å². The molecule has 0 saturated carbocycles. The Morgan fingerprint density at radius 1 is 1.19 bits per heavy atom. The molecule has 21 heavy (non-hydrogen) atoms. The molecule has 0 aromatic heterocycles. The molecule has 0 radical (unpaired) electrons. The highest BCUT2D eigenvalue weighted by Gasteiger charge is 2.17. The van der Waals surface area contributed by atoms with Crippen LogP contribution in [0.5, 0.6) is 0 Å². The van der Waals surface area contributed by atoms with Gasteiger partial charge in [0.25, 0.3) is 0 Å². The van der Waals surface area contributed by atoms with E-state index < -0.39 is 17.7 Å². The first-order valence-corrected chi connectivity index (χ1v) is 7.94. The van der Waals surface area contributed by atoms with Gasteiger partial charge >= 0.3 is 0 Å². The van der Waals surface area contributed by atoms with Crippen molar-refractivity contribution in [2.24, 2.45) is 5.73 Å². The van der Waals surface area contributed by atoms with Crippen molar-refractivity contribution in [1.29, 1.82) is 0 Å². The van der Waals surface area contributed by atoms with Crippen LogP contribution in [-0.2, 0) is 0 Å². The van der Waals surface area contributed by atoms with Gasteiger partial charge in [0.1, 0.15) is 0 Å². The maximum absolute atomic E-state index is 13.7. The van der Waals surface area contributed by atoms with Gasteiger partial charge in [-0.1, -0.05) is 32.4 Å². The quantitative estimate of drug-likeness (QED) is 0.738. The molecule has 1 rings (SSSR count). The third kappa shape index (κ3) is 5.36. The average Bonchev–Trinajstić information content (AvgIpc) is 2.49. The molecule has 120 valence electrons. The first-order chi connectivity index (χ1) is 10.0. The van der Waals surface area contributed by atoms with Crippen LogP contribution in [0.3, 0.4) is 0 Å². The van der Waals surface area contributed by atoms with Gasteiger partial charge in [-0.2, -0.15) is 0 Å². The summed E-state index contributed by atoms with van der Waals surface area (Å²) in [6, 6.07) is 4.23. The summed E-state index contributed by atoms with van der Waals surface area (Å²) in [7, 11) is 0.